The second kappa shape index (κ2) is 18.0. The SMILES string of the molecule is N#CCC(=O)c1cccs1.[C-]#[N+]/C(=C\N(C)C)C(=O)c1cccs1.[C-]#[N+]/C(=C\OCC)C(=O)c1cccs1. The predicted molar refractivity (Wildman–Crippen MR) is 151 cm³/mol. The van der Waals surface area contributed by atoms with Gasteiger partial charge in [-0.2, -0.15) is 5.26 Å². The fourth-order valence-electron chi connectivity index (χ4n) is 2.34. The molecule has 8 nitrogen and oxygen atoms in total. The molecule has 0 unspecified atom stereocenters. The summed E-state index contributed by atoms with van der Waals surface area (Å²) in [5.74, 6) is -0.565. The van der Waals surface area contributed by atoms with Gasteiger partial charge in [0.1, 0.15) is 0 Å². The largest absolute Gasteiger partial charge is 0.512 e. The molecule has 3 rings (SSSR count). The minimum Gasteiger partial charge on any atom is -0.512 e. The van der Waals surface area contributed by atoms with Gasteiger partial charge in [-0.25, -0.2) is 9.69 Å². The highest BCUT2D eigenvalue weighted by molar-refractivity contribution is 7.12. The zero-order valence-electron chi connectivity index (χ0n) is 20.9. The third-order valence-electron chi connectivity index (χ3n) is 3.97. The predicted octanol–water partition coefficient (Wildman–Crippen LogP) is 6.83. The number of allylic oxidation sites excluding steroid dienone is 2. The van der Waals surface area contributed by atoms with Crippen LogP contribution in [0.1, 0.15) is 42.4 Å². The molecule has 0 N–H and O–H groups in total. The summed E-state index contributed by atoms with van der Waals surface area (Å²) in [4.78, 5) is 44.0. The molecule has 194 valence electrons. The number of ether oxygens (including phenoxy) is 1. The first kappa shape index (κ1) is 31.7. The Bertz CT molecular complexity index is 1350. The minimum absolute atomic E-state index is 0.0134. The highest BCUT2D eigenvalue weighted by Gasteiger charge is 2.14. The Hall–Kier alpha value is -4.34. The molecule has 0 fully saturated rings. The Morgan fingerprint density at radius 3 is 1.76 bits per heavy atom. The van der Waals surface area contributed by atoms with Crippen LogP contribution in [0.5, 0.6) is 0 Å². The third-order valence-corrected chi connectivity index (χ3v) is 6.62. The quantitative estimate of drug-likeness (QED) is 0.122. The molecular formula is C27H24N4O4S3. The van der Waals surface area contributed by atoms with Crippen LogP contribution in [0.4, 0.5) is 0 Å². The van der Waals surface area contributed by atoms with Crippen LogP contribution >= 0.6 is 34.0 Å². The molecule has 38 heavy (non-hydrogen) atoms. The van der Waals surface area contributed by atoms with Crippen LogP contribution < -0.4 is 0 Å². The summed E-state index contributed by atoms with van der Waals surface area (Å²) in [5, 5.41) is 13.6. The van der Waals surface area contributed by atoms with E-state index in [1.165, 1.54) is 46.5 Å². The lowest BCUT2D eigenvalue weighted by atomic mass is 10.2. The van der Waals surface area contributed by atoms with Crippen molar-refractivity contribution in [3.63, 3.8) is 0 Å². The average Bonchev–Trinajstić information content (AvgIpc) is 3.72. The molecule has 0 saturated carbocycles. The van der Waals surface area contributed by atoms with Crippen LogP contribution in [0, 0.1) is 24.5 Å². The molecule has 0 aromatic carbocycles. The van der Waals surface area contributed by atoms with Crippen LogP contribution in [-0.4, -0.2) is 43.0 Å². The lowest BCUT2D eigenvalue weighted by Crippen LogP contribution is -2.06. The fraction of sp³-hybridized carbons (Fsp3) is 0.185. The van der Waals surface area contributed by atoms with Crippen molar-refractivity contribution in [2.45, 2.75) is 13.3 Å². The van der Waals surface area contributed by atoms with E-state index in [9.17, 15) is 14.4 Å². The van der Waals surface area contributed by atoms with Crippen LogP contribution in [0.15, 0.2) is 76.4 Å². The lowest BCUT2D eigenvalue weighted by molar-refractivity contribution is 0.0998. The van der Waals surface area contributed by atoms with E-state index in [-0.39, 0.29) is 35.2 Å². The fourth-order valence-corrected chi connectivity index (χ4v) is 4.35. The highest BCUT2D eigenvalue weighted by atomic mass is 32.1. The van der Waals surface area contributed by atoms with Crippen molar-refractivity contribution in [1.29, 1.82) is 5.26 Å². The maximum Gasteiger partial charge on any atom is 0.268 e. The van der Waals surface area contributed by atoms with Gasteiger partial charge in [-0.3, -0.25) is 4.79 Å². The number of hydrogen-bond acceptors (Lipinski definition) is 9. The Morgan fingerprint density at radius 1 is 0.921 bits per heavy atom. The highest BCUT2D eigenvalue weighted by Crippen LogP contribution is 2.16. The molecule has 0 spiro atoms. The van der Waals surface area contributed by atoms with Gasteiger partial charge in [-0.15, -0.1) is 34.0 Å². The summed E-state index contributed by atoms with van der Waals surface area (Å²) < 4.78 is 4.91. The standard InChI is InChI=1S/C10H10N2OS.C10H9NO2S.C7H5NOS/c1-11-8(7-12(2)3)10(13)9-5-4-6-14-9;1-3-13-7-8(11-2)10(12)9-5-4-6-14-9;8-4-3-6(9)7-2-1-5-10-7/h4-7H,2-3H3;4-7H,3H2,1H3;1-2,5H,3H2/b2*8-7-;. The molecule has 0 saturated heterocycles. The van der Waals surface area contributed by atoms with E-state index >= 15 is 0 Å². The summed E-state index contributed by atoms with van der Waals surface area (Å²) in [6.45, 7) is 16.0. The van der Waals surface area contributed by atoms with Crippen molar-refractivity contribution < 1.29 is 19.1 Å². The van der Waals surface area contributed by atoms with Gasteiger partial charge in [0.05, 0.1) is 53.1 Å². The lowest BCUT2D eigenvalue weighted by Gasteiger charge is -2.04. The van der Waals surface area contributed by atoms with E-state index in [0.29, 0.717) is 21.2 Å². The Morgan fingerprint density at radius 2 is 1.39 bits per heavy atom. The molecule has 0 aliphatic carbocycles. The number of hydrogen-bond donors (Lipinski definition) is 0. The smallest absolute Gasteiger partial charge is 0.268 e. The third kappa shape index (κ3) is 11.2. The molecule has 11 heteroatoms. The number of carbonyl (C=O) groups excluding carboxylic acids is 3. The number of thiophene rings is 3. The summed E-state index contributed by atoms with van der Waals surface area (Å²) in [6.07, 6.45) is 2.74. The summed E-state index contributed by atoms with van der Waals surface area (Å²) >= 11 is 4.04. The van der Waals surface area contributed by atoms with Gasteiger partial charge in [0, 0.05) is 20.3 Å². The van der Waals surface area contributed by atoms with Gasteiger partial charge >= 0.3 is 0 Å². The van der Waals surface area contributed by atoms with E-state index in [0.717, 1.165) is 0 Å². The molecule has 3 aromatic heterocycles. The first-order chi connectivity index (χ1) is 18.3. The average molecular weight is 565 g/mol. The molecule has 0 amide bonds. The van der Waals surface area contributed by atoms with Crippen molar-refractivity contribution in [2.75, 3.05) is 20.7 Å². The van der Waals surface area contributed by atoms with Gasteiger partial charge in [0.25, 0.3) is 5.70 Å². The van der Waals surface area contributed by atoms with Crippen molar-refractivity contribution in [1.82, 2.24) is 4.90 Å². The van der Waals surface area contributed by atoms with Gasteiger partial charge in [0.2, 0.25) is 17.3 Å². The van der Waals surface area contributed by atoms with Crippen molar-refractivity contribution in [3.8, 4) is 6.07 Å². The first-order valence-electron chi connectivity index (χ1n) is 10.8. The van der Waals surface area contributed by atoms with Crippen LogP contribution in [0.2, 0.25) is 0 Å². The first-order valence-corrected chi connectivity index (χ1v) is 13.5. The number of Topliss-reactive ketones (excluding diaryl/α,β-unsaturated/α-hetero) is 3. The molecular weight excluding hydrogens is 541 g/mol. The van der Waals surface area contributed by atoms with Gasteiger partial charge in [-0.05, 0) is 41.3 Å². The molecule has 0 aliphatic rings. The Balaban J connectivity index is 0.000000290. The molecule has 0 atom stereocenters. The zero-order chi connectivity index (χ0) is 28.3. The van der Waals surface area contributed by atoms with E-state index in [1.807, 2.05) is 16.8 Å². The normalized spacial score (nSPS) is 10.2. The second-order valence-electron chi connectivity index (χ2n) is 7.01. The monoisotopic (exact) mass is 564 g/mol. The Kier molecular flexibility index (Phi) is 15.0. The number of nitrogens with zero attached hydrogens (tertiary/aromatic N) is 4. The van der Waals surface area contributed by atoms with Crippen LogP contribution in [0.3, 0.4) is 0 Å². The number of ketones is 3. The van der Waals surface area contributed by atoms with Gasteiger partial charge in [0.15, 0.2) is 5.78 Å². The zero-order valence-corrected chi connectivity index (χ0v) is 23.4. The van der Waals surface area contributed by atoms with Crippen molar-refractivity contribution >= 4 is 51.4 Å². The van der Waals surface area contributed by atoms with Crippen molar-refractivity contribution in [3.05, 3.63) is 114 Å². The Labute approximate surface area is 234 Å². The van der Waals surface area contributed by atoms with Crippen LogP contribution in [0.25, 0.3) is 9.69 Å². The molecule has 3 aromatic rings. The number of rotatable bonds is 9. The molecule has 3 heterocycles. The number of carbonyl (C=O) groups is 3. The maximum absolute atomic E-state index is 11.7. The summed E-state index contributed by atoms with van der Waals surface area (Å²) in [5.41, 5.74) is 0.173. The van der Waals surface area contributed by atoms with E-state index in [2.05, 4.69) is 9.69 Å². The van der Waals surface area contributed by atoms with E-state index in [4.69, 9.17) is 23.1 Å². The van der Waals surface area contributed by atoms with Gasteiger partial charge < -0.3 is 19.2 Å². The van der Waals surface area contributed by atoms with Crippen LogP contribution in [-0.2, 0) is 4.74 Å². The molecule has 0 radical (unpaired) electrons. The van der Waals surface area contributed by atoms with Crippen molar-refractivity contribution in [2.24, 2.45) is 0 Å². The van der Waals surface area contributed by atoms with E-state index < -0.39 is 0 Å². The second-order valence-corrected chi connectivity index (χ2v) is 9.85. The molecule has 0 bridgehead atoms. The maximum atomic E-state index is 11.7. The number of nitriles is 1. The van der Waals surface area contributed by atoms with E-state index in [1.54, 1.807) is 67.7 Å². The van der Waals surface area contributed by atoms with Gasteiger partial charge in [-0.1, -0.05) is 18.2 Å². The topological polar surface area (TPSA) is 96.2 Å². The molecule has 0 aliphatic heterocycles. The minimum atomic E-state index is -0.275. The summed E-state index contributed by atoms with van der Waals surface area (Å²) in [7, 11) is 3.57. The summed E-state index contributed by atoms with van der Waals surface area (Å²) in [6, 6.07) is 12.3.